The largest absolute Gasteiger partial charge is 0.496 e. The van der Waals surface area contributed by atoms with Crippen LogP contribution in [0.4, 0.5) is 0 Å². The maximum Gasteiger partial charge on any atom is 0.310 e. The van der Waals surface area contributed by atoms with Crippen molar-refractivity contribution in [2.24, 2.45) is 41.4 Å². The molecule has 4 saturated heterocycles. The number of fused-ring (bicyclic) bond motifs is 1. The van der Waals surface area contributed by atoms with Crippen LogP contribution in [0, 0.1) is 41.4 Å². The highest BCUT2D eigenvalue weighted by Gasteiger charge is 2.61. The lowest BCUT2D eigenvalue weighted by Crippen LogP contribution is -2.71. The number of benzene rings is 1. The standard InChI is InChI=1S/C52H80N2O13/c1-12-36(47(59)60)39-20-19-29(4)43(64-39)33(8)41(55)32(7)42(56)37(13-2)44-30(5)27-31(6)52(65-44)26-25-50(54-46(58)45(57)53-28-35-17-15-16-18-38(35)62-11)24-23-49(10,66-48(50)67-52)40-21-22-51(61,14-3)34(9)63-40/h15-18,25-26,29-34,36-37,39-41,43-44,48,55,61H,12-14,19-24,27-28H2,1-11H3,(H,53,57)(H,54,58)(H,59,60)/t29-,30-,31+,32-,33-,34-,36+,37?,39+,40+,41+,43+,44-,48-,49-,50+,51+,52-/m0/s1. The molecular formula is C52H80N2O13. The number of carboxylic acids is 1. The van der Waals surface area contributed by atoms with E-state index in [-0.39, 0.29) is 30.1 Å². The van der Waals surface area contributed by atoms with Crippen LogP contribution >= 0.6 is 0 Å². The quantitative estimate of drug-likeness (QED) is 0.0872. The fourth-order valence-corrected chi connectivity index (χ4v) is 11.9. The molecule has 5 aliphatic rings. The minimum absolute atomic E-state index is 0.0644. The Morgan fingerprint density at radius 2 is 1.55 bits per heavy atom. The van der Waals surface area contributed by atoms with Gasteiger partial charge in [-0.3, -0.25) is 19.2 Å². The first-order valence-electron chi connectivity index (χ1n) is 25.1. The molecule has 1 aromatic carbocycles. The minimum Gasteiger partial charge on any atom is -0.496 e. The van der Waals surface area contributed by atoms with Gasteiger partial charge in [-0.05, 0) is 102 Å². The Bertz CT molecular complexity index is 1950. The minimum atomic E-state index is -1.40. The summed E-state index contributed by atoms with van der Waals surface area (Å²) >= 11 is 0. The topological polar surface area (TPSA) is 208 Å². The fraction of sp³-hybridized carbons (Fsp3) is 0.769. The van der Waals surface area contributed by atoms with Crippen LogP contribution in [0.3, 0.4) is 0 Å². The van der Waals surface area contributed by atoms with E-state index in [1.54, 1.807) is 20.1 Å². The molecule has 5 N–H and O–H groups in total. The number of aliphatic hydroxyl groups is 2. The number of ketones is 1. The van der Waals surface area contributed by atoms with Gasteiger partial charge in [-0.15, -0.1) is 0 Å². The molecule has 0 bridgehead atoms. The van der Waals surface area contributed by atoms with Gasteiger partial charge in [0.15, 0.2) is 12.1 Å². The molecule has 1 spiro atoms. The van der Waals surface area contributed by atoms with Crippen LogP contribution in [0.25, 0.3) is 0 Å². The Balaban J connectivity index is 1.24. The lowest BCUT2D eigenvalue weighted by molar-refractivity contribution is -0.391. The summed E-state index contributed by atoms with van der Waals surface area (Å²) in [6.07, 6.45) is 4.29. The zero-order chi connectivity index (χ0) is 49.2. The molecule has 0 aromatic heterocycles. The van der Waals surface area contributed by atoms with Crippen LogP contribution in [0.5, 0.6) is 5.75 Å². The van der Waals surface area contributed by atoms with E-state index < -0.39 is 107 Å². The van der Waals surface area contributed by atoms with Gasteiger partial charge in [0.1, 0.15) is 17.1 Å². The number of ether oxygens (including phenoxy) is 6. The Morgan fingerprint density at radius 1 is 0.851 bits per heavy atom. The number of amides is 2. The molecule has 5 heterocycles. The average Bonchev–Trinajstić information content (AvgIpc) is 3.31. The molecule has 0 radical (unpaired) electrons. The van der Waals surface area contributed by atoms with Crippen LogP contribution in [-0.2, 0) is 49.4 Å². The van der Waals surface area contributed by atoms with Gasteiger partial charge < -0.3 is 54.4 Å². The van der Waals surface area contributed by atoms with Gasteiger partial charge in [-0.1, -0.05) is 79.7 Å². The zero-order valence-corrected chi connectivity index (χ0v) is 41.7. The monoisotopic (exact) mass is 941 g/mol. The molecule has 67 heavy (non-hydrogen) atoms. The maximum absolute atomic E-state index is 14.7. The van der Waals surface area contributed by atoms with Crippen LogP contribution in [-0.4, -0.2) is 111 Å². The number of aliphatic hydroxyl groups excluding tert-OH is 1. The van der Waals surface area contributed by atoms with Crippen molar-refractivity contribution < 1.29 is 62.9 Å². The molecule has 5 aliphatic heterocycles. The third-order valence-electron chi connectivity index (χ3n) is 16.7. The number of para-hydroxylation sites is 1. The van der Waals surface area contributed by atoms with Crippen molar-refractivity contribution in [3.05, 3.63) is 42.0 Å². The Labute approximate surface area is 397 Å². The Kier molecular flexibility index (Phi) is 16.8. The van der Waals surface area contributed by atoms with Crippen molar-refractivity contribution in [1.82, 2.24) is 10.6 Å². The molecule has 0 aliphatic carbocycles. The summed E-state index contributed by atoms with van der Waals surface area (Å²) in [6, 6.07) is 7.23. The van der Waals surface area contributed by atoms with Crippen molar-refractivity contribution in [1.29, 1.82) is 0 Å². The normalized spacial score (nSPS) is 38.7. The first kappa shape index (κ1) is 52.9. The highest BCUT2D eigenvalue weighted by Crippen LogP contribution is 2.51. The highest BCUT2D eigenvalue weighted by atomic mass is 16.8. The molecular weight excluding hydrogens is 861 g/mol. The van der Waals surface area contributed by atoms with E-state index in [2.05, 4.69) is 24.5 Å². The molecule has 0 saturated carbocycles. The summed E-state index contributed by atoms with van der Waals surface area (Å²) in [5.74, 6) is -6.31. The summed E-state index contributed by atoms with van der Waals surface area (Å²) in [5, 5.41) is 38.8. The Hall–Kier alpha value is -3.44. The third kappa shape index (κ3) is 10.7. The molecule has 1 unspecified atom stereocenters. The molecule has 6 rings (SSSR count). The van der Waals surface area contributed by atoms with Crippen LogP contribution in [0.1, 0.15) is 139 Å². The van der Waals surface area contributed by atoms with E-state index >= 15 is 0 Å². The SMILES string of the molecule is CCC(C(=O)[C@@H](C)[C@@H](O)[C@H](C)[C@@H]1O[C@@H]([C@@H](CC)C(=O)O)CC[C@@H]1C)[C@H]1O[C@]2(C=C[C@]3(NC(=O)C(=O)NCc4ccccc4OC)CC[C@@](C)([C@H]4CC[C@](O)(CC)[C@H](C)O4)O[C@H]3O2)[C@H](C)C[C@@H]1C. The predicted molar refractivity (Wildman–Crippen MR) is 249 cm³/mol. The molecule has 15 nitrogen and oxygen atoms in total. The van der Waals surface area contributed by atoms with Crippen LogP contribution in [0.15, 0.2) is 36.4 Å². The number of carbonyl (C=O) groups is 4. The van der Waals surface area contributed by atoms with Crippen molar-refractivity contribution >= 4 is 23.6 Å². The van der Waals surface area contributed by atoms with Gasteiger partial charge in [-0.25, -0.2) is 0 Å². The smallest absolute Gasteiger partial charge is 0.310 e. The van der Waals surface area contributed by atoms with Gasteiger partial charge in [0.25, 0.3) is 0 Å². The highest BCUT2D eigenvalue weighted by molar-refractivity contribution is 6.35. The van der Waals surface area contributed by atoms with Gasteiger partial charge in [0.05, 0.1) is 60.9 Å². The van der Waals surface area contributed by atoms with Gasteiger partial charge >= 0.3 is 17.8 Å². The summed E-state index contributed by atoms with van der Waals surface area (Å²) in [5.41, 5.74) is -2.47. The lowest BCUT2D eigenvalue weighted by atomic mass is 9.72. The number of Topliss-reactive ketones (excluding diaryl/α,β-unsaturated/α-hetero) is 1. The second-order valence-corrected chi connectivity index (χ2v) is 21.0. The van der Waals surface area contributed by atoms with Crippen molar-refractivity contribution in [3.8, 4) is 5.75 Å². The van der Waals surface area contributed by atoms with Crippen molar-refractivity contribution in [2.45, 2.75) is 205 Å². The number of hydrogen-bond donors (Lipinski definition) is 5. The number of hydrogen-bond acceptors (Lipinski definition) is 12. The number of rotatable bonds is 16. The first-order valence-corrected chi connectivity index (χ1v) is 25.1. The molecule has 2 amide bonds. The summed E-state index contributed by atoms with van der Waals surface area (Å²) < 4.78 is 39.6. The van der Waals surface area contributed by atoms with Gasteiger partial charge in [-0.2, -0.15) is 0 Å². The maximum atomic E-state index is 14.7. The van der Waals surface area contributed by atoms with E-state index in [4.69, 9.17) is 28.4 Å². The van der Waals surface area contributed by atoms with E-state index in [1.165, 1.54) is 0 Å². The molecule has 376 valence electrons. The Morgan fingerprint density at radius 3 is 2.19 bits per heavy atom. The number of methoxy groups -OCH3 is 1. The third-order valence-corrected chi connectivity index (χ3v) is 16.7. The average molecular weight is 941 g/mol. The molecule has 15 heteroatoms. The second-order valence-electron chi connectivity index (χ2n) is 21.0. The van der Waals surface area contributed by atoms with E-state index in [9.17, 15) is 34.5 Å². The van der Waals surface area contributed by atoms with E-state index in [0.717, 1.165) is 6.42 Å². The van der Waals surface area contributed by atoms with E-state index in [0.29, 0.717) is 69.1 Å². The zero-order valence-electron chi connectivity index (χ0n) is 41.7. The summed E-state index contributed by atoms with van der Waals surface area (Å²) in [4.78, 5) is 54.1. The predicted octanol–water partition coefficient (Wildman–Crippen LogP) is 6.64. The van der Waals surface area contributed by atoms with E-state index in [1.807, 2.05) is 78.8 Å². The molecule has 1 aromatic rings. The van der Waals surface area contributed by atoms with Crippen LogP contribution < -0.4 is 15.4 Å². The number of nitrogens with one attached hydrogen (secondary N) is 2. The lowest BCUT2D eigenvalue weighted by Gasteiger charge is -2.58. The summed E-state index contributed by atoms with van der Waals surface area (Å²) in [6.45, 7) is 19.4. The second kappa shape index (κ2) is 21.3. The van der Waals surface area contributed by atoms with Crippen molar-refractivity contribution in [2.75, 3.05) is 7.11 Å². The molecule has 18 atom stereocenters. The van der Waals surface area contributed by atoms with Crippen LogP contribution in [0.2, 0.25) is 0 Å². The molecule has 4 fully saturated rings. The number of carboxylic acid groups (broad SMARTS) is 1. The number of carbonyl (C=O) groups excluding carboxylic acids is 3. The van der Waals surface area contributed by atoms with Gasteiger partial charge in [0.2, 0.25) is 0 Å². The summed E-state index contributed by atoms with van der Waals surface area (Å²) in [7, 11) is 1.54. The first-order chi connectivity index (χ1) is 31.6. The number of aliphatic carboxylic acids is 1. The van der Waals surface area contributed by atoms with Gasteiger partial charge in [0, 0.05) is 35.8 Å². The van der Waals surface area contributed by atoms with Crippen molar-refractivity contribution in [3.63, 3.8) is 0 Å². The fourth-order valence-electron chi connectivity index (χ4n) is 11.9.